The predicted molar refractivity (Wildman–Crippen MR) is 101 cm³/mol. The number of hydrogen-bond donors (Lipinski definition) is 0. The summed E-state index contributed by atoms with van der Waals surface area (Å²) in [6.07, 6.45) is 10.9. The number of benzene rings is 1. The summed E-state index contributed by atoms with van der Waals surface area (Å²) < 4.78 is 15.0. The number of ether oxygens (including phenoxy) is 2. The van der Waals surface area contributed by atoms with E-state index in [4.69, 9.17) is 14.6 Å². The summed E-state index contributed by atoms with van der Waals surface area (Å²) in [5, 5.41) is 5.02. The van der Waals surface area contributed by atoms with Crippen LogP contribution in [0.2, 0.25) is 0 Å². The van der Waals surface area contributed by atoms with Crippen LogP contribution in [0.25, 0.3) is 11.3 Å². The topological polar surface area (TPSA) is 36.3 Å². The monoisotopic (exact) mass is 352 g/mol. The van der Waals surface area contributed by atoms with E-state index in [-0.39, 0.29) is 11.9 Å². The number of aromatic nitrogens is 2. The lowest BCUT2D eigenvalue weighted by atomic mass is 9.94. The summed E-state index contributed by atoms with van der Waals surface area (Å²) in [5.41, 5.74) is 3.44. The summed E-state index contributed by atoms with van der Waals surface area (Å²) in [4.78, 5) is 0. The average molecular weight is 352 g/mol. The molecular formula is C22H28N2O2. The molecule has 1 saturated heterocycles. The van der Waals surface area contributed by atoms with Gasteiger partial charge < -0.3 is 9.47 Å². The van der Waals surface area contributed by atoms with Crippen molar-refractivity contribution in [2.75, 3.05) is 6.61 Å². The number of rotatable bonds is 3. The van der Waals surface area contributed by atoms with Crippen LogP contribution in [0.4, 0.5) is 0 Å². The fourth-order valence-electron chi connectivity index (χ4n) is 4.89. The van der Waals surface area contributed by atoms with E-state index in [1.165, 1.54) is 56.2 Å². The zero-order chi connectivity index (χ0) is 17.4. The Morgan fingerprint density at radius 1 is 0.962 bits per heavy atom. The van der Waals surface area contributed by atoms with Gasteiger partial charge in [-0.15, -0.1) is 0 Å². The molecule has 1 spiro atoms. The zero-order valence-electron chi connectivity index (χ0n) is 15.4. The van der Waals surface area contributed by atoms with Gasteiger partial charge in [-0.2, -0.15) is 5.10 Å². The average Bonchev–Trinajstić information content (AvgIpc) is 3.42. The molecule has 2 saturated carbocycles. The molecule has 138 valence electrons. The Kier molecular flexibility index (Phi) is 4.33. The maximum absolute atomic E-state index is 6.54. The smallest absolute Gasteiger partial charge is 0.169 e. The van der Waals surface area contributed by atoms with Crippen LogP contribution in [0.5, 0.6) is 0 Å². The molecule has 0 N–H and O–H groups in total. The lowest BCUT2D eigenvalue weighted by Crippen LogP contribution is -2.32. The van der Waals surface area contributed by atoms with Gasteiger partial charge in [0.15, 0.2) is 5.79 Å². The largest absolute Gasteiger partial charge is 0.347 e. The van der Waals surface area contributed by atoms with Gasteiger partial charge in [-0.25, -0.2) is 0 Å². The van der Waals surface area contributed by atoms with Crippen molar-refractivity contribution < 1.29 is 9.47 Å². The lowest BCUT2D eigenvalue weighted by Gasteiger charge is -2.31. The molecule has 3 aliphatic rings. The minimum Gasteiger partial charge on any atom is -0.347 e. The molecule has 26 heavy (non-hydrogen) atoms. The summed E-state index contributed by atoms with van der Waals surface area (Å²) >= 11 is 0. The highest BCUT2D eigenvalue weighted by molar-refractivity contribution is 5.59. The molecular weight excluding hydrogens is 324 g/mol. The first kappa shape index (κ1) is 16.5. The van der Waals surface area contributed by atoms with E-state index in [0.29, 0.717) is 12.6 Å². The number of nitrogens with zero attached hydrogens (tertiary/aromatic N) is 2. The van der Waals surface area contributed by atoms with Gasteiger partial charge in [0.25, 0.3) is 0 Å². The SMILES string of the molecule is c1ccc(-c2cc(C3COC4(CCCCC4)O3)n(C3CCCC3)n2)cc1. The van der Waals surface area contributed by atoms with Crippen LogP contribution in [0, 0.1) is 0 Å². The van der Waals surface area contributed by atoms with Crippen LogP contribution < -0.4 is 0 Å². The molecule has 0 radical (unpaired) electrons. The molecule has 0 amide bonds. The van der Waals surface area contributed by atoms with Gasteiger partial charge >= 0.3 is 0 Å². The minimum atomic E-state index is -0.333. The molecule has 5 rings (SSSR count). The Bertz CT molecular complexity index is 743. The highest BCUT2D eigenvalue weighted by Gasteiger charge is 2.44. The molecule has 4 heteroatoms. The van der Waals surface area contributed by atoms with Crippen molar-refractivity contribution in [3.63, 3.8) is 0 Å². The zero-order valence-corrected chi connectivity index (χ0v) is 15.4. The summed E-state index contributed by atoms with van der Waals surface area (Å²) in [6, 6.07) is 13.2. The molecule has 2 aliphatic carbocycles. The molecule has 0 bridgehead atoms. The summed E-state index contributed by atoms with van der Waals surface area (Å²) in [7, 11) is 0. The van der Waals surface area contributed by atoms with Crippen LogP contribution in [0.3, 0.4) is 0 Å². The molecule has 4 nitrogen and oxygen atoms in total. The lowest BCUT2D eigenvalue weighted by molar-refractivity contribution is -0.188. The fraction of sp³-hybridized carbons (Fsp3) is 0.591. The Labute approximate surface area is 155 Å². The molecule has 2 aromatic rings. The van der Waals surface area contributed by atoms with Crippen molar-refractivity contribution >= 4 is 0 Å². The number of hydrogen-bond acceptors (Lipinski definition) is 3. The van der Waals surface area contributed by atoms with Crippen LogP contribution >= 0.6 is 0 Å². The molecule has 1 unspecified atom stereocenters. The van der Waals surface area contributed by atoms with Crippen molar-refractivity contribution in [1.82, 2.24) is 9.78 Å². The van der Waals surface area contributed by atoms with Gasteiger partial charge in [0.05, 0.1) is 24.0 Å². The van der Waals surface area contributed by atoms with Crippen molar-refractivity contribution in [1.29, 1.82) is 0 Å². The Balaban J connectivity index is 1.48. The van der Waals surface area contributed by atoms with E-state index in [2.05, 4.69) is 41.1 Å². The van der Waals surface area contributed by atoms with E-state index >= 15 is 0 Å². The normalized spacial score (nSPS) is 25.9. The third-order valence-corrected chi connectivity index (χ3v) is 6.30. The van der Waals surface area contributed by atoms with E-state index in [1.54, 1.807) is 0 Å². The van der Waals surface area contributed by atoms with Gasteiger partial charge in [-0.3, -0.25) is 4.68 Å². The third-order valence-electron chi connectivity index (χ3n) is 6.30. The molecule has 1 atom stereocenters. The van der Waals surface area contributed by atoms with Crippen molar-refractivity contribution in [2.45, 2.75) is 75.7 Å². The van der Waals surface area contributed by atoms with Crippen LogP contribution in [0.1, 0.15) is 75.6 Å². The molecule has 1 aromatic carbocycles. The van der Waals surface area contributed by atoms with Crippen LogP contribution in [-0.4, -0.2) is 22.2 Å². The van der Waals surface area contributed by atoms with Crippen molar-refractivity contribution in [3.05, 3.63) is 42.1 Å². The minimum absolute atomic E-state index is 0.0127. The van der Waals surface area contributed by atoms with E-state index in [9.17, 15) is 0 Å². The highest BCUT2D eigenvalue weighted by atomic mass is 16.7. The van der Waals surface area contributed by atoms with Gasteiger partial charge in [-0.05, 0) is 31.7 Å². The maximum Gasteiger partial charge on any atom is 0.169 e. The van der Waals surface area contributed by atoms with Gasteiger partial charge in [0.1, 0.15) is 6.10 Å². The third kappa shape index (κ3) is 2.99. The first-order valence-electron chi connectivity index (χ1n) is 10.3. The van der Waals surface area contributed by atoms with Crippen LogP contribution in [-0.2, 0) is 9.47 Å². The first-order chi connectivity index (χ1) is 12.8. The second-order valence-corrected chi connectivity index (χ2v) is 8.09. The summed E-state index contributed by atoms with van der Waals surface area (Å²) in [6.45, 7) is 0.659. The van der Waals surface area contributed by atoms with E-state index in [1.807, 2.05) is 0 Å². The quantitative estimate of drug-likeness (QED) is 0.740. The second-order valence-electron chi connectivity index (χ2n) is 8.09. The maximum atomic E-state index is 6.54. The Morgan fingerprint density at radius 2 is 1.73 bits per heavy atom. The molecule has 1 aliphatic heterocycles. The molecule has 1 aromatic heterocycles. The van der Waals surface area contributed by atoms with E-state index < -0.39 is 0 Å². The predicted octanol–water partition coefficient (Wildman–Crippen LogP) is 5.41. The highest BCUT2D eigenvalue weighted by Crippen LogP contribution is 2.44. The van der Waals surface area contributed by atoms with Crippen molar-refractivity contribution in [3.8, 4) is 11.3 Å². The van der Waals surface area contributed by atoms with Crippen molar-refractivity contribution in [2.24, 2.45) is 0 Å². The fourth-order valence-corrected chi connectivity index (χ4v) is 4.89. The standard InChI is InChI=1S/C22H28N2O2/c1-3-9-17(10-4-1)19-15-20(24(23-19)18-11-5-6-12-18)21-16-25-22(26-21)13-7-2-8-14-22/h1,3-4,9-10,15,18,21H,2,5-8,11-14,16H2. The van der Waals surface area contributed by atoms with E-state index in [0.717, 1.165) is 18.5 Å². The second kappa shape index (κ2) is 6.82. The van der Waals surface area contributed by atoms with Gasteiger partial charge in [0.2, 0.25) is 0 Å². The summed E-state index contributed by atoms with van der Waals surface area (Å²) in [5.74, 6) is -0.333. The Morgan fingerprint density at radius 3 is 2.50 bits per heavy atom. The Hall–Kier alpha value is -1.65. The van der Waals surface area contributed by atoms with Crippen LogP contribution in [0.15, 0.2) is 36.4 Å². The van der Waals surface area contributed by atoms with Gasteiger partial charge in [-0.1, -0.05) is 49.6 Å². The first-order valence-corrected chi connectivity index (χ1v) is 10.3. The molecule has 3 fully saturated rings. The van der Waals surface area contributed by atoms with Gasteiger partial charge in [0, 0.05) is 18.4 Å². The molecule has 2 heterocycles.